The fraction of sp³-hybridized carbons (Fsp3) is 0.500. The summed E-state index contributed by atoms with van der Waals surface area (Å²) in [6, 6.07) is 5.26. The van der Waals surface area contributed by atoms with E-state index in [1.807, 2.05) is 6.92 Å². The molecule has 22 heavy (non-hydrogen) atoms. The van der Waals surface area contributed by atoms with Gasteiger partial charge >= 0.3 is 5.97 Å². The van der Waals surface area contributed by atoms with E-state index >= 15 is 0 Å². The SMILES string of the molecule is COC(=O)c1cc(NC(=O)[C@@H]2CCC[C@@H]2CN)ccc1C.Cl. The summed E-state index contributed by atoms with van der Waals surface area (Å²) >= 11 is 0. The Morgan fingerprint density at radius 1 is 1.36 bits per heavy atom. The normalized spacial score (nSPS) is 20.1. The van der Waals surface area contributed by atoms with Gasteiger partial charge in [-0.1, -0.05) is 12.5 Å². The van der Waals surface area contributed by atoms with Gasteiger partial charge in [0, 0.05) is 11.6 Å². The zero-order valence-electron chi connectivity index (χ0n) is 12.9. The number of ether oxygens (including phenoxy) is 1. The molecular formula is C16H23ClN2O3. The third-order valence-electron chi connectivity index (χ3n) is 4.21. The van der Waals surface area contributed by atoms with Crippen molar-refractivity contribution < 1.29 is 14.3 Å². The van der Waals surface area contributed by atoms with Gasteiger partial charge in [0.2, 0.25) is 5.91 Å². The lowest BCUT2D eigenvalue weighted by Gasteiger charge is -2.17. The fourth-order valence-electron chi connectivity index (χ4n) is 2.93. The van der Waals surface area contributed by atoms with Gasteiger partial charge in [0.1, 0.15) is 0 Å². The number of carbonyl (C=O) groups is 2. The van der Waals surface area contributed by atoms with Crippen molar-refractivity contribution in [3.8, 4) is 0 Å². The lowest BCUT2D eigenvalue weighted by Crippen LogP contribution is -2.29. The molecule has 0 radical (unpaired) electrons. The third kappa shape index (κ3) is 3.99. The van der Waals surface area contributed by atoms with Crippen LogP contribution < -0.4 is 11.1 Å². The molecule has 1 aromatic rings. The molecular weight excluding hydrogens is 304 g/mol. The number of rotatable bonds is 4. The Kier molecular flexibility index (Phi) is 6.84. The lowest BCUT2D eigenvalue weighted by molar-refractivity contribution is -0.120. The van der Waals surface area contributed by atoms with E-state index in [1.54, 1.807) is 18.2 Å². The first-order valence-electron chi connectivity index (χ1n) is 7.26. The number of benzene rings is 1. The molecule has 6 heteroatoms. The summed E-state index contributed by atoms with van der Waals surface area (Å²) in [5.41, 5.74) is 7.62. The number of carbonyl (C=O) groups excluding carboxylic acids is 2. The number of esters is 1. The minimum atomic E-state index is -0.399. The van der Waals surface area contributed by atoms with Crippen molar-refractivity contribution in [2.75, 3.05) is 19.0 Å². The molecule has 2 rings (SSSR count). The molecule has 1 amide bonds. The van der Waals surface area contributed by atoms with Crippen molar-refractivity contribution in [2.45, 2.75) is 26.2 Å². The molecule has 122 valence electrons. The van der Waals surface area contributed by atoms with Gasteiger partial charge in [-0.15, -0.1) is 12.4 Å². The molecule has 0 saturated heterocycles. The maximum Gasteiger partial charge on any atom is 0.338 e. The van der Waals surface area contributed by atoms with Crippen LogP contribution in [0.1, 0.15) is 35.2 Å². The Morgan fingerprint density at radius 2 is 2.09 bits per heavy atom. The Bertz CT molecular complexity index is 548. The van der Waals surface area contributed by atoms with Crippen molar-refractivity contribution in [3.05, 3.63) is 29.3 Å². The summed E-state index contributed by atoms with van der Waals surface area (Å²) in [7, 11) is 1.34. The van der Waals surface area contributed by atoms with Crippen LogP contribution in [0.25, 0.3) is 0 Å². The highest BCUT2D eigenvalue weighted by Gasteiger charge is 2.31. The molecule has 0 heterocycles. The summed E-state index contributed by atoms with van der Waals surface area (Å²) in [5.74, 6) is -0.180. The molecule has 1 fully saturated rings. The zero-order valence-corrected chi connectivity index (χ0v) is 13.7. The standard InChI is InChI=1S/C16H22N2O3.ClH/c1-10-6-7-12(8-14(10)16(20)21-2)18-15(19)13-5-3-4-11(13)9-17;/h6-8,11,13H,3-5,9,17H2,1-2H3,(H,18,19);1H/t11-,13-;/m1./s1. The van der Waals surface area contributed by atoms with Gasteiger partial charge < -0.3 is 15.8 Å². The minimum absolute atomic E-state index is 0. The smallest absolute Gasteiger partial charge is 0.338 e. The molecule has 0 aliphatic heterocycles. The highest BCUT2D eigenvalue weighted by Crippen LogP contribution is 2.32. The molecule has 0 unspecified atom stereocenters. The zero-order chi connectivity index (χ0) is 15.4. The van der Waals surface area contributed by atoms with Crippen LogP contribution in [0.15, 0.2) is 18.2 Å². The number of nitrogens with two attached hydrogens (primary N) is 1. The molecule has 1 aromatic carbocycles. The average molecular weight is 327 g/mol. The van der Waals surface area contributed by atoms with Crippen LogP contribution in [0.3, 0.4) is 0 Å². The van der Waals surface area contributed by atoms with Gasteiger partial charge in [-0.2, -0.15) is 0 Å². The molecule has 3 N–H and O–H groups in total. The second kappa shape index (κ2) is 8.15. The molecule has 0 bridgehead atoms. The molecule has 1 aliphatic carbocycles. The number of halogens is 1. The number of hydrogen-bond acceptors (Lipinski definition) is 4. The largest absolute Gasteiger partial charge is 0.465 e. The van der Waals surface area contributed by atoms with E-state index in [4.69, 9.17) is 10.5 Å². The average Bonchev–Trinajstić information content (AvgIpc) is 2.97. The Hall–Kier alpha value is -1.59. The summed E-state index contributed by atoms with van der Waals surface area (Å²) in [6.45, 7) is 2.37. The van der Waals surface area contributed by atoms with E-state index < -0.39 is 5.97 Å². The van der Waals surface area contributed by atoms with Crippen LogP contribution in [-0.4, -0.2) is 25.5 Å². The van der Waals surface area contributed by atoms with E-state index in [-0.39, 0.29) is 30.2 Å². The van der Waals surface area contributed by atoms with Crippen molar-refractivity contribution in [2.24, 2.45) is 17.6 Å². The van der Waals surface area contributed by atoms with Crippen LogP contribution in [0, 0.1) is 18.8 Å². The van der Waals surface area contributed by atoms with Crippen molar-refractivity contribution >= 4 is 30.0 Å². The molecule has 5 nitrogen and oxygen atoms in total. The summed E-state index contributed by atoms with van der Waals surface area (Å²) in [4.78, 5) is 24.0. The van der Waals surface area contributed by atoms with Crippen LogP contribution >= 0.6 is 12.4 Å². The summed E-state index contributed by atoms with van der Waals surface area (Å²) in [6.07, 6.45) is 2.93. The van der Waals surface area contributed by atoms with Crippen molar-refractivity contribution in [1.29, 1.82) is 0 Å². The van der Waals surface area contributed by atoms with Gasteiger partial charge in [0.15, 0.2) is 0 Å². The van der Waals surface area contributed by atoms with Crippen LogP contribution in [0.4, 0.5) is 5.69 Å². The van der Waals surface area contributed by atoms with Crippen LogP contribution in [0.5, 0.6) is 0 Å². The maximum atomic E-state index is 12.3. The predicted molar refractivity (Wildman–Crippen MR) is 88.3 cm³/mol. The first-order valence-corrected chi connectivity index (χ1v) is 7.26. The van der Waals surface area contributed by atoms with Crippen LogP contribution in [0.2, 0.25) is 0 Å². The quantitative estimate of drug-likeness (QED) is 0.833. The van der Waals surface area contributed by atoms with Gasteiger partial charge in [0.05, 0.1) is 12.7 Å². The topological polar surface area (TPSA) is 81.4 Å². The number of nitrogens with one attached hydrogen (secondary N) is 1. The van der Waals surface area contributed by atoms with Gasteiger partial charge in [-0.05, 0) is 49.9 Å². The summed E-state index contributed by atoms with van der Waals surface area (Å²) < 4.78 is 4.74. The predicted octanol–water partition coefficient (Wildman–Crippen LogP) is 2.52. The van der Waals surface area contributed by atoms with Gasteiger partial charge in [-0.25, -0.2) is 4.79 Å². The van der Waals surface area contributed by atoms with Gasteiger partial charge in [0.25, 0.3) is 0 Å². The lowest BCUT2D eigenvalue weighted by atomic mass is 9.95. The highest BCUT2D eigenvalue weighted by molar-refractivity contribution is 5.96. The van der Waals surface area contributed by atoms with E-state index in [0.717, 1.165) is 24.8 Å². The molecule has 1 aliphatic rings. The second-order valence-corrected chi connectivity index (χ2v) is 5.54. The Balaban J connectivity index is 0.00000242. The highest BCUT2D eigenvalue weighted by atomic mass is 35.5. The Labute approximate surface area is 137 Å². The number of anilines is 1. The van der Waals surface area contributed by atoms with E-state index in [0.29, 0.717) is 17.8 Å². The monoisotopic (exact) mass is 326 g/mol. The molecule has 1 saturated carbocycles. The first kappa shape index (κ1) is 18.5. The summed E-state index contributed by atoms with van der Waals surface area (Å²) in [5, 5.41) is 2.89. The fourth-order valence-corrected chi connectivity index (χ4v) is 2.93. The van der Waals surface area contributed by atoms with E-state index in [2.05, 4.69) is 5.32 Å². The number of amides is 1. The molecule has 2 atom stereocenters. The first-order chi connectivity index (χ1) is 10.1. The minimum Gasteiger partial charge on any atom is -0.465 e. The van der Waals surface area contributed by atoms with Crippen LogP contribution in [-0.2, 0) is 9.53 Å². The van der Waals surface area contributed by atoms with E-state index in [1.165, 1.54) is 7.11 Å². The Morgan fingerprint density at radius 3 is 2.73 bits per heavy atom. The maximum absolute atomic E-state index is 12.3. The molecule has 0 spiro atoms. The van der Waals surface area contributed by atoms with E-state index in [9.17, 15) is 9.59 Å². The number of hydrogen-bond donors (Lipinski definition) is 2. The number of aryl methyl sites for hydroxylation is 1. The van der Waals surface area contributed by atoms with Gasteiger partial charge in [-0.3, -0.25) is 4.79 Å². The second-order valence-electron chi connectivity index (χ2n) is 5.54. The van der Waals surface area contributed by atoms with Crippen molar-refractivity contribution in [1.82, 2.24) is 0 Å². The number of methoxy groups -OCH3 is 1. The third-order valence-corrected chi connectivity index (χ3v) is 4.21. The molecule has 0 aromatic heterocycles. The van der Waals surface area contributed by atoms with Crippen molar-refractivity contribution in [3.63, 3.8) is 0 Å².